The molecule has 122 valence electrons. The molecule has 0 N–H and O–H groups in total. The number of rotatable bonds is 3. The number of pyridine rings is 1. The Balaban J connectivity index is 1.66. The SMILES string of the molecule is Cn1cc(Br)c(O[C@H]2CC[C@H](n3cnccc3=O)CC2)cc1=O. The van der Waals surface area contributed by atoms with Gasteiger partial charge in [-0.05, 0) is 41.6 Å². The molecular formula is C16H18BrN3O3. The predicted molar refractivity (Wildman–Crippen MR) is 89.8 cm³/mol. The molecule has 2 heterocycles. The number of aryl methyl sites for hydroxylation is 1. The van der Waals surface area contributed by atoms with E-state index in [9.17, 15) is 9.59 Å². The summed E-state index contributed by atoms with van der Waals surface area (Å²) in [5.74, 6) is 0.579. The minimum absolute atomic E-state index is 0.0151. The second-order valence-electron chi connectivity index (χ2n) is 5.81. The molecule has 0 amide bonds. The third-order valence-electron chi connectivity index (χ3n) is 4.22. The molecule has 0 bridgehead atoms. The Morgan fingerprint density at radius 1 is 1.22 bits per heavy atom. The quantitative estimate of drug-likeness (QED) is 0.820. The number of hydrogen-bond donors (Lipinski definition) is 0. The lowest BCUT2D eigenvalue weighted by molar-refractivity contribution is 0.130. The molecule has 1 aliphatic rings. The van der Waals surface area contributed by atoms with E-state index in [4.69, 9.17) is 4.74 Å². The highest BCUT2D eigenvalue weighted by atomic mass is 79.9. The van der Waals surface area contributed by atoms with Crippen LogP contribution in [0.15, 0.2) is 44.9 Å². The minimum Gasteiger partial charge on any atom is -0.489 e. The van der Waals surface area contributed by atoms with Gasteiger partial charge in [0, 0.05) is 37.6 Å². The van der Waals surface area contributed by atoms with Crippen molar-refractivity contribution in [2.24, 2.45) is 7.05 Å². The maximum atomic E-state index is 11.9. The van der Waals surface area contributed by atoms with Gasteiger partial charge in [-0.2, -0.15) is 0 Å². The summed E-state index contributed by atoms with van der Waals surface area (Å²) in [6.45, 7) is 0. The first kappa shape index (κ1) is 16.0. The van der Waals surface area contributed by atoms with E-state index in [1.165, 1.54) is 22.9 Å². The van der Waals surface area contributed by atoms with Gasteiger partial charge >= 0.3 is 0 Å². The zero-order valence-electron chi connectivity index (χ0n) is 12.8. The van der Waals surface area contributed by atoms with Gasteiger partial charge in [0.2, 0.25) is 0 Å². The van der Waals surface area contributed by atoms with Gasteiger partial charge in [0.25, 0.3) is 11.1 Å². The van der Waals surface area contributed by atoms with Crippen molar-refractivity contribution < 1.29 is 4.74 Å². The summed E-state index contributed by atoms with van der Waals surface area (Å²) in [6.07, 6.45) is 8.28. The largest absolute Gasteiger partial charge is 0.489 e. The average molecular weight is 380 g/mol. The summed E-state index contributed by atoms with van der Waals surface area (Å²) in [7, 11) is 1.70. The lowest BCUT2D eigenvalue weighted by atomic mass is 9.92. The second-order valence-corrected chi connectivity index (χ2v) is 6.66. The molecule has 2 aromatic rings. The Hall–Kier alpha value is -1.89. The fourth-order valence-corrected chi connectivity index (χ4v) is 3.44. The molecule has 3 rings (SSSR count). The fraction of sp³-hybridized carbons (Fsp3) is 0.438. The van der Waals surface area contributed by atoms with E-state index < -0.39 is 0 Å². The van der Waals surface area contributed by atoms with E-state index in [1.54, 1.807) is 24.1 Å². The van der Waals surface area contributed by atoms with Gasteiger partial charge in [-0.15, -0.1) is 0 Å². The molecule has 6 nitrogen and oxygen atoms in total. The van der Waals surface area contributed by atoms with Crippen LogP contribution in [-0.2, 0) is 7.05 Å². The summed E-state index contributed by atoms with van der Waals surface area (Å²) in [5, 5.41) is 0. The van der Waals surface area contributed by atoms with E-state index in [0.29, 0.717) is 5.75 Å². The molecular weight excluding hydrogens is 362 g/mol. The third-order valence-corrected chi connectivity index (χ3v) is 4.82. The molecule has 1 fully saturated rings. The van der Waals surface area contributed by atoms with Crippen molar-refractivity contribution in [1.29, 1.82) is 0 Å². The average Bonchev–Trinajstić information content (AvgIpc) is 2.54. The molecule has 0 unspecified atom stereocenters. The van der Waals surface area contributed by atoms with Crippen molar-refractivity contribution in [2.75, 3.05) is 0 Å². The zero-order valence-corrected chi connectivity index (χ0v) is 14.4. The number of nitrogens with zero attached hydrogens (tertiary/aromatic N) is 3. The lowest BCUT2D eigenvalue weighted by Crippen LogP contribution is -2.31. The van der Waals surface area contributed by atoms with E-state index in [-0.39, 0.29) is 23.3 Å². The highest BCUT2D eigenvalue weighted by Gasteiger charge is 2.24. The van der Waals surface area contributed by atoms with E-state index in [1.807, 2.05) is 0 Å². The number of ether oxygens (including phenoxy) is 1. The van der Waals surface area contributed by atoms with Crippen molar-refractivity contribution in [3.05, 3.63) is 56.0 Å². The smallest absolute Gasteiger partial charge is 0.254 e. The molecule has 1 aliphatic carbocycles. The van der Waals surface area contributed by atoms with Gasteiger partial charge in [-0.25, -0.2) is 4.98 Å². The zero-order chi connectivity index (χ0) is 16.4. The van der Waals surface area contributed by atoms with Crippen LogP contribution in [-0.4, -0.2) is 20.2 Å². The van der Waals surface area contributed by atoms with Crippen LogP contribution in [0.1, 0.15) is 31.7 Å². The highest BCUT2D eigenvalue weighted by molar-refractivity contribution is 9.10. The van der Waals surface area contributed by atoms with Crippen molar-refractivity contribution in [3.8, 4) is 5.75 Å². The Kier molecular flexibility index (Phi) is 4.66. The Morgan fingerprint density at radius 2 is 1.96 bits per heavy atom. The van der Waals surface area contributed by atoms with Crippen LogP contribution in [0.4, 0.5) is 0 Å². The van der Waals surface area contributed by atoms with Crippen LogP contribution in [0.2, 0.25) is 0 Å². The predicted octanol–water partition coefficient (Wildman–Crippen LogP) is 2.27. The van der Waals surface area contributed by atoms with Crippen molar-refractivity contribution in [1.82, 2.24) is 14.1 Å². The fourth-order valence-electron chi connectivity index (χ4n) is 2.93. The summed E-state index contributed by atoms with van der Waals surface area (Å²) in [6, 6.07) is 3.16. The molecule has 7 heteroatoms. The number of aromatic nitrogens is 3. The molecule has 23 heavy (non-hydrogen) atoms. The maximum absolute atomic E-state index is 11.9. The third kappa shape index (κ3) is 3.55. The minimum atomic E-state index is -0.0983. The van der Waals surface area contributed by atoms with Gasteiger partial charge in [0.15, 0.2) is 0 Å². The number of hydrogen-bond acceptors (Lipinski definition) is 4. The van der Waals surface area contributed by atoms with E-state index in [2.05, 4.69) is 20.9 Å². The molecule has 1 saturated carbocycles. The van der Waals surface area contributed by atoms with Crippen LogP contribution >= 0.6 is 15.9 Å². The van der Waals surface area contributed by atoms with Gasteiger partial charge in [0.05, 0.1) is 16.9 Å². The van der Waals surface area contributed by atoms with E-state index in [0.717, 1.165) is 30.2 Å². The maximum Gasteiger partial charge on any atom is 0.254 e. The van der Waals surface area contributed by atoms with Gasteiger partial charge in [-0.3, -0.25) is 14.2 Å². The standard InChI is InChI=1S/C16H18BrN3O3/c1-19-9-13(17)14(8-16(19)22)23-12-4-2-11(3-5-12)20-10-18-7-6-15(20)21/h6-12H,2-5H2,1H3/t11-,12-. The summed E-state index contributed by atoms with van der Waals surface area (Å²) >= 11 is 3.43. The summed E-state index contributed by atoms with van der Waals surface area (Å²) < 4.78 is 9.94. The summed E-state index contributed by atoms with van der Waals surface area (Å²) in [4.78, 5) is 27.6. The Morgan fingerprint density at radius 3 is 2.65 bits per heavy atom. The molecule has 0 spiro atoms. The number of halogens is 1. The molecule has 2 aromatic heterocycles. The topological polar surface area (TPSA) is 66.1 Å². The Labute approximate surface area is 141 Å². The lowest BCUT2D eigenvalue weighted by Gasteiger charge is -2.30. The highest BCUT2D eigenvalue weighted by Crippen LogP contribution is 2.31. The molecule has 0 saturated heterocycles. The van der Waals surface area contributed by atoms with Crippen LogP contribution in [0.5, 0.6) is 5.75 Å². The molecule has 0 radical (unpaired) electrons. The normalized spacial score (nSPS) is 21.1. The monoisotopic (exact) mass is 379 g/mol. The van der Waals surface area contributed by atoms with Crippen molar-refractivity contribution in [3.63, 3.8) is 0 Å². The first-order valence-corrected chi connectivity index (χ1v) is 8.39. The molecule has 0 aromatic carbocycles. The molecule has 0 aliphatic heterocycles. The van der Waals surface area contributed by atoms with Crippen LogP contribution in [0.25, 0.3) is 0 Å². The van der Waals surface area contributed by atoms with E-state index >= 15 is 0 Å². The van der Waals surface area contributed by atoms with Crippen molar-refractivity contribution >= 4 is 15.9 Å². The molecule has 0 atom stereocenters. The van der Waals surface area contributed by atoms with Gasteiger partial charge in [-0.1, -0.05) is 0 Å². The second kappa shape index (κ2) is 6.70. The Bertz CT molecular complexity index is 807. The van der Waals surface area contributed by atoms with Gasteiger partial charge in [0.1, 0.15) is 5.75 Å². The van der Waals surface area contributed by atoms with Gasteiger partial charge < -0.3 is 9.30 Å². The van der Waals surface area contributed by atoms with Crippen molar-refractivity contribution in [2.45, 2.75) is 37.8 Å². The summed E-state index contributed by atoms with van der Waals surface area (Å²) in [5.41, 5.74) is -0.113. The first-order valence-electron chi connectivity index (χ1n) is 7.59. The van der Waals surface area contributed by atoms with Crippen LogP contribution in [0.3, 0.4) is 0 Å². The first-order chi connectivity index (χ1) is 11.0. The van der Waals surface area contributed by atoms with Crippen LogP contribution in [0, 0.1) is 0 Å². The van der Waals surface area contributed by atoms with Crippen LogP contribution < -0.4 is 15.9 Å².